The largest absolute Gasteiger partial charge is 0.493 e. The molecule has 8 heteroatoms. The molecule has 0 spiro atoms. The first-order chi connectivity index (χ1) is 15.6. The average Bonchev–Trinajstić information content (AvgIpc) is 2.82. The molecule has 0 fully saturated rings. The van der Waals surface area contributed by atoms with Gasteiger partial charge < -0.3 is 14.2 Å². The number of methoxy groups -OCH3 is 2. The summed E-state index contributed by atoms with van der Waals surface area (Å²) in [7, 11) is 3.09. The van der Waals surface area contributed by atoms with Gasteiger partial charge in [0.2, 0.25) is 0 Å². The molecule has 0 unspecified atom stereocenters. The van der Waals surface area contributed by atoms with Crippen molar-refractivity contribution >= 4 is 22.7 Å². The first kappa shape index (κ1) is 21.7. The average molecular weight is 453 g/mol. The summed E-state index contributed by atoms with van der Waals surface area (Å²) >= 11 is 1.35. The number of benzene rings is 3. The van der Waals surface area contributed by atoms with Gasteiger partial charge in [0.1, 0.15) is 0 Å². The van der Waals surface area contributed by atoms with Gasteiger partial charge in [0.15, 0.2) is 28.2 Å². The number of ether oxygens (including phenoxy) is 3. The predicted molar refractivity (Wildman–Crippen MR) is 123 cm³/mol. The van der Waals surface area contributed by atoms with E-state index in [1.54, 1.807) is 68.8 Å². The number of halogens is 1. The third kappa shape index (κ3) is 4.40. The Bertz CT molecular complexity index is 1310. The maximum Gasteiger partial charge on any atom is 0.266 e. The maximum atomic E-state index is 13.8. The molecule has 0 N–H and O–H groups in total. The van der Waals surface area contributed by atoms with E-state index >= 15 is 0 Å². The van der Waals surface area contributed by atoms with Crippen LogP contribution in [0.2, 0.25) is 0 Å². The van der Waals surface area contributed by atoms with E-state index in [4.69, 9.17) is 19.2 Å². The quantitative estimate of drug-likeness (QED) is 0.219. The Kier molecular flexibility index (Phi) is 6.61. The van der Waals surface area contributed by atoms with Gasteiger partial charge in [-0.3, -0.25) is 9.36 Å². The summed E-state index contributed by atoms with van der Waals surface area (Å²) in [6.45, 7) is 0.250. The minimum absolute atomic E-state index is 0.192. The molecule has 0 amide bonds. The number of aromatic nitrogens is 2. The van der Waals surface area contributed by atoms with Crippen molar-refractivity contribution in [2.75, 3.05) is 26.6 Å². The minimum Gasteiger partial charge on any atom is -0.493 e. The lowest BCUT2D eigenvalue weighted by Crippen LogP contribution is -2.22. The third-order valence-corrected chi connectivity index (χ3v) is 5.68. The van der Waals surface area contributed by atoms with Crippen molar-refractivity contribution in [3.05, 3.63) is 82.9 Å². The number of hydrogen-bond donors (Lipinski definition) is 0. The molecule has 4 aromatic rings. The van der Waals surface area contributed by atoms with E-state index in [0.29, 0.717) is 39.0 Å². The molecular formula is C24H21FN2O4S. The molecule has 0 saturated heterocycles. The molecule has 1 aromatic heterocycles. The van der Waals surface area contributed by atoms with Crippen molar-refractivity contribution < 1.29 is 18.6 Å². The molecule has 3 aromatic carbocycles. The normalized spacial score (nSPS) is 10.8. The van der Waals surface area contributed by atoms with E-state index in [1.807, 2.05) is 6.07 Å². The zero-order chi connectivity index (χ0) is 22.5. The lowest BCUT2D eigenvalue weighted by atomic mass is 10.2. The fourth-order valence-corrected chi connectivity index (χ4v) is 4.08. The molecule has 32 heavy (non-hydrogen) atoms. The number of hydrogen-bond acceptors (Lipinski definition) is 6. The summed E-state index contributed by atoms with van der Waals surface area (Å²) in [6.07, 6.45) is 0. The third-order valence-electron chi connectivity index (χ3n) is 4.78. The maximum absolute atomic E-state index is 13.8. The van der Waals surface area contributed by atoms with Crippen LogP contribution in [-0.4, -0.2) is 36.1 Å². The molecule has 6 nitrogen and oxygen atoms in total. The summed E-state index contributed by atoms with van der Waals surface area (Å²) < 4.78 is 31.6. The second-order valence-corrected chi connectivity index (χ2v) is 7.78. The monoisotopic (exact) mass is 452 g/mol. The molecule has 1 heterocycles. The van der Waals surface area contributed by atoms with Crippen LogP contribution in [0.1, 0.15) is 0 Å². The molecule has 0 bridgehead atoms. The lowest BCUT2D eigenvalue weighted by Gasteiger charge is -2.15. The van der Waals surface area contributed by atoms with E-state index < -0.39 is 5.82 Å². The van der Waals surface area contributed by atoms with Crippen LogP contribution in [0.4, 0.5) is 4.39 Å². The first-order valence-electron chi connectivity index (χ1n) is 9.86. The van der Waals surface area contributed by atoms with E-state index in [1.165, 1.54) is 22.4 Å². The minimum atomic E-state index is -0.413. The van der Waals surface area contributed by atoms with Crippen LogP contribution < -0.4 is 19.8 Å². The first-order valence-corrected chi connectivity index (χ1v) is 10.8. The number of nitrogens with zero attached hydrogens (tertiary/aromatic N) is 2. The van der Waals surface area contributed by atoms with Crippen molar-refractivity contribution in [3.8, 4) is 22.9 Å². The van der Waals surface area contributed by atoms with Crippen molar-refractivity contribution in [1.82, 2.24) is 9.55 Å². The number of thioether (sulfide) groups is 1. The standard InChI is InChI=1S/C24H21FN2O4S/c1-29-21-12-11-16(15-22(21)30-2)27-23(28)17-7-3-5-9-19(17)26-24(27)32-14-13-31-20-10-6-4-8-18(20)25/h3-12,15H,13-14H2,1-2H3. The van der Waals surface area contributed by atoms with E-state index in [2.05, 4.69) is 0 Å². The van der Waals surface area contributed by atoms with Gasteiger partial charge in [-0.15, -0.1) is 0 Å². The Morgan fingerprint density at radius 1 is 0.938 bits per heavy atom. The lowest BCUT2D eigenvalue weighted by molar-refractivity contribution is 0.325. The van der Waals surface area contributed by atoms with Gasteiger partial charge in [-0.2, -0.15) is 0 Å². The molecular weight excluding hydrogens is 431 g/mol. The van der Waals surface area contributed by atoms with Gasteiger partial charge in [0.05, 0.1) is 37.4 Å². The van der Waals surface area contributed by atoms with Crippen molar-refractivity contribution in [2.24, 2.45) is 0 Å². The van der Waals surface area contributed by atoms with Crippen LogP contribution in [0, 0.1) is 5.82 Å². The van der Waals surface area contributed by atoms with E-state index in [9.17, 15) is 9.18 Å². The zero-order valence-corrected chi connectivity index (χ0v) is 18.4. The van der Waals surface area contributed by atoms with Crippen LogP contribution in [-0.2, 0) is 0 Å². The molecule has 4 rings (SSSR count). The zero-order valence-electron chi connectivity index (χ0n) is 17.6. The van der Waals surface area contributed by atoms with Gasteiger partial charge in [-0.1, -0.05) is 36.0 Å². The van der Waals surface area contributed by atoms with Crippen LogP contribution >= 0.6 is 11.8 Å². The Labute approximate surface area is 188 Å². The van der Waals surface area contributed by atoms with Gasteiger partial charge in [-0.05, 0) is 36.4 Å². The number of fused-ring (bicyclic) bond motifs is 1. The fourth-order valence-electron chi connectivity index (χ4n) is 3.25. The highest BCUT2D eigenvalue weighted by Gasteiger charge is 2.15. The van der Waals surface area contributed by atoms with Gasteiger partial charge in [0.25, 0.3) is 5.56 Å². The highest BCUT2D eigenvalue weighted by atomic mass is 32.2. The Hall–Kier alpha value is -3.52. The molecule has 0 atom stereocenters. The van der Waals surface area contributed by atoms with Crippen LogP contribution in [0.5, 0.6) is 17.2 Å². The summed E-state index contributed by atoms with van der Waals surface area (Å²) in [5, 5.41) is 1.01. The van der Waals surface area contributed by atoms with Crippen LogP contribution in [0.3, 0.4) is 0 Å². The van der Waals surface area contributed by atoms with Gasteiger partial charge in [-0.25, -0.2) is 9.37 Å². The molecule has 0 saturated carbocycles. The molecule has 0 aliphatic heterocycles. The van der Waals surface area contributed by atoms with Crippen LogP contribution in [0.15, 0.2) is 76.7 Å². The predicted octanol–water partition coefficient (Wildman–Crippen LogP) is 4.71. The van der Waals surface area contributed by atoms with E-state index in [0.717, 1.165) is 0 Å². The molecule has 0 radical (unpaired) electrons. The summed E-state index contributed by atoms with van der Waals surface area (Å²) in [5.41, 5.74) is 1.01. The fraction of sp³-hybridized carbons (Fsp3) is 0.167. The topological polar surface area (TPSA) is 62.6 Å². The molecule has 0 aliphatic rings. The number of rotatable bonds is 8. The van der Waals surface area contributed by atoms with Crippen molar-refractivity contribution in [2.45, 2.75) is 5.16 Å². The summed E-state index contributed by atoms with van der Waals surface area (Å²) in [4.78, 5) is 18.1. The second kappa shape index (κ2) is 9.74. The van der Waals surface area contributed by atoms with Crippen molar-refractivity contribution in [1.29, 1.82) is 0 Å². The highest BCUT2D eigenvalue weighted by molar-refractivity contribution is 7.99. The van der Waals surface area contributed by atoms with Crippen LogP contribution in [0.25, 0.3) is 16.6 Å². The Morgan fingerprint density at radius 3 is 2.47 bits per heavy atom. The Morgan fingerprint density at radius 2 is 1.69 bits per heavy atom. The second-order valence-electron chi connectivity index (χ2n) is 6.72. The molecule has 164 valence electrons. The van der Waals surface area contributed by atoms with Gasteiger partial charge >= 0.3 is 0 Å². The smallest absolute Gasteiger partial charge is 0.266 e. The van der Waals surface area contributed by atoms with Gasteiger partial charge in [0, 0.05) is 11.8 Å². The van der Waals surface area contributed by atoms with E-state index in [-0.39, 0.29) is 17.9 Å². The number of para-hydroxylation sites is 2. The summed E-state index contributed by atoms with van der Waals surface area (Å²) in [5.74, 6) is 1.31. The van der Waals surface area contributed by atoms with Crippen molar-refractivity contribution in [3.63, 3.8) is 0 Å². The SMILES string of the molecule is COc1ccc(-n2c(SCCOc3ccccc3F)nc3ccccc3c2=O)cc1OC. The Balaban J connectivity index is 1.68. The highest BCUT2D eigenvalue weighted by Crippen LogP contribution is 2.30. The summed E-state index contributed by atoms with van der Waals surface area (Å²) in [6, 6.07) is 18.7. The molecule has 0 aliphatic carbocycles.